The van der Waals surface area contributed by atoms with Crippen molar-refractivity contribution in [2.24, 2.45) is 0 Å². The fourth-order valence-corrected chi connectivity index (χ4v) is 2.35. The van der Waals surface area contributed by atoms with Gasteiger partial charge in [0.1, 0.15) is 0 Å². The average Bonchev–Trinajstić information content (AvgIpc) is 3.01. The van der Waals surface area contributed by atoms with Gasteiger partial charge in [0.25, 0.3) is 0 Å². The van der Waals surface area contributed by atoms with E-state index in [9.17, 15) is 9.90 Å². The van der Waals surface area contributed by atoms with E-state index >= 15 is 0 Å². The topological polar surface area (TPSA) is 55.1 Å². The van der Waals surface area contributed by atoms with Crippen LogP contribution < -0.4 is 0 Å². The molecule has 0 radical (unpaired) electrons. The van der Waals surface area contributed by atoms with Crippen LogP contribution in [0.1, 0.15) is 23.0 Å². The number of nitrogens with zero attached hydrogens (tertiary/aromatic N) is 2. The molecule has 3 rings (SSSR count). The lowest BCUT2D eigenvalue weighted by Gasteiger charge is -2.05. The summed E-state index contributed by atoms with van der Waals surface area (Å²) in [5.41, 5.74) is 3.66. The van der Waals surface area contributed by atoms with Crippen LogP contribution in [0, 0.1) is 0 Å². The van der Waals surface area contributed by atoms with Gasteiger partial charge in [-0.25, -0.2) is 9.48 Å². The molecule has 4 nitrogen and oxygen atoms in total. The summed E-state index contributed by atoms with van der Waals surface area (Å²) in [5, 5.41) is 13.9. The van der Waals surface area contributed by atoms with Crippen molar-refractivity contribution >= 4 is 5.97 Å². The zero-order valence-corrected chi connectivity index (χ0v) is 12.2. The van der Waals surface area contributed by atoms with Crippen LogP contribution in [0.15, 0.2) is 60.7 Å². The zero-order chi connectivity index (χ0) is 15.5. The second-order valence-corrected chi connectivity index (χ2v) is 5.02. The average molecular weight is 292 g/mol. The number of aromatic nitrogens is 2. The van der Waals surface area contributed by atoms with Gasteiger partial charge in [-0.05, 0) is 30.2 Å². The third-order valence-corrected chi connectivity index (χ3v) is 3.59. The molecule has 0 fully saturated rings. The molecular weight excluding hydrogens is 276 g/mol. The highest BCUT2D eigenvalue weighted by Gasteiger charge is 2.16. The standard InChI is InChI=1S/C18H16N2O2/c1-2-13-8-10-15(11-9-13)20-17(18(21)22)12-16(19-20)14-6-4-3-5-7-14/h3-12H,2H2,1H3,(H,21,22). The number of aromatic carboxylic acids is 1. The normalized spacial score (nSPS) is 10.6. The van der Waals surface area contributed by atoms with Gasteiger partial charge in [0.05, 0.1) is 11.4 Å². The van der Waals surface area contributed by atoms with Gasteiger partial charge in [0.2, 0.25) is 0 Å². The SMILES string of the molecule is CCc1ccc(-n2nc(-c3ccccc3)cc2C(=O)O)cc1. The minimum Gasteiger partial charge on any atom is -0.477 e. The summed E-state index contributed by atoms with van der Waals surface area (Å²) in [5.74, 6) is -0.991. The van der Waals surface area contributed by atoms with Crippen LogP contribution in [0.3, 0.4) is 0 Å². The third-order valence-electron chi connectivity index (χ3n) is 3.59. The number of benzene rings is 2. The van der Waals surface area contributed by atoms with Crippen LogP contribution in [-0.2, 0) is 6.42 Å². The molecule has 0 aliphatic heterocycles. The molecule has 0 unspecified atom stereocenters. The van der Waals surface area contributed by atoms with Gasteiger partial charge in [0, 0.05) is 5.56 Å². The molecule has 1 N–H and O–H groups in total. The first-order valence-corrected chi connectivity index (χ1v) is 7.17. The second kappa shape index (κ2) is 5.85. The molecule has 0 aliphatic carbocycles. The van der Waals surface area contributed by atoms with Gasteiger partial charge in [-0.2, -0.15) is 5.10 Å². The highest BCUT2D eigenvalue weighted by atomic mass is 16.4. The molecule has 0 bridgehead atoms. The first-order chi connectivity index (χ1) is 10.7. The molecule has 1 aromatic heterocycles. The quantitative estimate of drug-likeness (QED) is 0.795. The second-order valence-electron chi connectivity index (χ2n) is 5.02. The van der Waals surface area contributed by atoms with Crippen LogP contribution in [-0.4, -0.2) is 20.9 Å². The number of carbonyl (C=O) groups is 1. The van der Waals surface area contributed by atoms with Gasteiger partial charge in [-0.1, -0.05) is 49.4 Å². The van der Waals surface area contributed by atoms with Gasteiger partial charge in [-0.3, -0.25) is 0 Å². The predicted octanol–water partition coefficient (Wildman–Crippen LogP) is 3.80. The van der Waals surface area contributed by atoms with Crippen molar-refractivity contribution in [3.05, 3.63) is 71.9 Å². The number of rotatable bonds is 4. The maximum Gasteiger partial charge on any atom is 0.354 e. The number of hydrogen-bond acceptors (Lipinski definition) is 2. The minimum absolute atomic E-state index is 0.156. The monoisotopic (exact) mass is 292 g/mol. The van der Waals surface area contributed by atoms with Gasteiger partial charge < -0.3 is 5.11 Å². The highest BCUT2D eigenvalue weighted by Crippen LogP contribution is 2.22. The Hall–Kier alpha value is -2.88. The Morgan fingerprint density at radius 3 is 2.36 bits per heavy atom. The maximum atomic E-state index is 11.5. The molecule has 0 saturated heterocycles. The molecule has 110 valence electrons. The molecule has 4 heteroatoms. The van der Waals surface area contributed by atoms with Crippen LogP contribution in [0.2, 0.25) is 0 Å². The van der Waals surface area contributed by atoms with Crippen molar-refractivity contribution in [3.63, 3.8) is 0 Å². The lowest BCUT2D eigenvalue weighted by atomic mass is 10.1. The Kier molecular flexibility index (Phi) is 3.74. The molecular formula is C18H16N2O2. The van der Waals surface area contributed by atoms with Crippen molar-refractivity contribution < 1.29 is 9.90 Å². The van der Waals surface area contributed by atoms with E-state index in [1.54, 1.807) is 6.07 Å². The van der Waals surface area contributed by atoms with Gasteiger partial charge in [0.15, 0.2) is 5.69 Å². The maximum absolute atomic E-state index is 11.5. The van der Waals surface area contributed by atoms with E-state index in [-0.39, 0.29) is 5.69 Å². The van der Waals surface area contributed by atoms with Crippen molar-refractivity contribution in [2.75, 3.05) is 0 Å². The van der Waals surface area contributed by atoms with E-state index in [4.69, 9.17) is 0 Å². The fraction of sp³-hybridized carbons (Fsp3) is 0.111. The molecule has 22 heavy (non-hydrogen) atoms. The van der Waals surface area contributed by atoms with E-state index in [1.807, 2.05) is 54.6 Å². The smallest absolute Gasteiger partial charge is 0.354 e. The van der Waals surface area contributed by atoms with E-state index in [2.05, 4.69) is 12.0 Å². The van der Waals surface area contributed by atoms with Crippen LogP contribution in [0.5, 0.6) is 0 Å². The highest BCUT2D eigenvalue weighted by molar-refractivity contribution is 5.88. The van der Waals surface area contributed by atoms with Crippen LogP contribution in [0.4, 0.5) is 0 Å². The molecule has 0 saturated carbocycles. The summed E-state index contributed by atoms with van der Waals surface area (Å²) in [7, 11) is 0. The summed E-state index contributed by atoms with van der Waals surface area (Å²) in [6.07, 6.45) is 0.945. The van der Waals surface area contributed by atoms with Gasteiger partial charge >= 0.3 is 5.97 Å². The molecule has 2 aromatic carbocycles. The minimum atomic E-state index is -0.991. The summed E-state index contributed by atoms with van der Waals surface area (Å²) >= 11 is 0. The Bertz CT molecular complexity index is 790. The van der Waals surface area contributed by atoms with E-state index in [0.717, 1.165) is 17.7 Å². The lowest BCUT2D eigenvalue weighted by molar-refractivity contribution is 0.0687. The molecule has 3 aromatic rings. The molecule has 1 heterocycles. The number of carboxylic acid groups (broad SMARTS) is 1. The Morgan fingerprint density at radius 1 is 1.09 bits per heavy atom. The summed E-state index contributed by atoms with van der Waals surface area (Å²) in [6, 6.07) is 18.9. The summed E-state index contributed by atoms with van der Waals surface area (Å²) < 4.78 is 1.48. The van der Waals surface area contributed by atoms with Gasteiger partial charge in [-0.15, -0.1) is 0 Å². The number of hydrogen-bond donors (Lipinski definition) is 1. The Balaban J connectivity index is 2.09. The molecule has 0 amide bonds. The molecule has 0 spiro atoms. The largest absolute Gasteiger partial charge is 0.477 e. The van der Waals surface area contributed by atoms with E-state index in [1.165, 1.54) is 10.2 Å². The molecule has 0 atom stereocenters. The predicted molar refractivity (Wildman–Crippen MR) is 85.3 cm³/mol. The van der Waals surface area contributed by atoms with E-state index < -0.39 is 5.97 Å². The van der Waals surface area contributed by atoms with Crippen molar-refractivity contribution in [3.8, 4) is 16.9 Å². The van der Waals surface area contributed by atoms with Crippen LogP contribution in [0.25, 0.3) is 16.9 Å². The van der Waals surface area contributed by atoms with Crippen molar-refractivity contribution in [2.45, 2.75) is 13.3 Å². The first-order valence-electron chi connectivity index (χ1n) is 7.17. The number of aryl methyl sites for hydroxylation is 1. The first kappa shape index (κ1) is 14.1. The fourth-order valence-electron chi connectivity index (χ4n) is 2.35. The zero-order valence-electron chi connectivity index (χ0n) is 12.2. The Labute approximate surface area is 128 Å². The number of carboxylic acids is 1. The summed E-state index contributed by atoms with van der Waals surface area (Å²) in [4.78, 5) is 11.5. The van der Waals surface area contributed by atoms with Crippen LogP contribution >= 0.6 is 0 Å². The third kappa shape index (κ3) is 2.63. The lowest BCUT2D eigenvalue weighted by Crippen LogP contribution is -2.07. The summed E-state index contributed by atoms with van der Waals surface area (Å²) in [6.45, 7) is 2.08. The van der Waals surface area contributed by atoms with Crippen molar-refractivity contribution in [1.82, 2.24) is 9.78 Å². The Morgan fingerprint density at radius 2 is 1.77 bits per heavy atom. The molecule has 0 aliphatic rings. The van der Waals surface area contributed by atoms with Crippen molar-refractivity contribution in [1.29, 1.82) is 0 Å². The van der Waals surface area contributed by atoms with E-state index in [0.29, 0.717) is 5.69 Å².